The van der Waals surface area contributed by atoms with Crippen molar-refractivity contribution in [1.82, 2.24) is 15.5 Å². The molecule has 1 aliphatic heterocycles. The number of hydrogen-bond acceptors (Lipinski definition) is 3. The molecule has 0 bridgehead atoms. The average molecular weight is 413 g/mol. The number of nitrogens with one attached hydrogen (secondary N) is 2. The first-order valence-electron chi connectivity index (χ1n) is 9.66. The predicted molar refractivity (Wildman–Crippen MR) is 116 cm³/mol. The summed E-state index contributed by atoms with van der Waals surface area (Å²) < 4.78 is 0. The Labute approximate surface area is 176 Å². The van der Waals surface area contributed by atoms with Crippen molar-refractivity contribution >= 4 is 29.8 Å². The van der Waals surface area contributed by atoms with Crippen LogP contribution in [0.25, 0.3) is 0 Å². The van der Waals surface area contributed by atoms with Gasteiger partial charge in [-0.25, -0.2) is 9.79 Å². The van der Waals surface area contributed by atoms with Crippen LogP contribution in [0.2, 0.25) is 5.02 Å². The highest BCUT2D eigenvalue weighted by Crippen LogP contribution is 2.24. The highest BCUT2D eigenvalue weighted by molar-refractivity contribution is 6.31. The van der Waals surface area contributed by atoms with Crippen LogP contribution in [0.15, 0.2) is 65.5 Å². The van der Waals surface area contributed by atoms with Crippen molar-refractivity contribution in [3.63, 3.8) is 0 Å². The number of carbonyl (C=O) groups excluding carboxylic acids is 2. The fourth-order valence-corrected chi connectivity index (χ4v) is 3.36. The first-order chi connectivity index (χ1) is 14.0. The zero-order valence-electron chi connectivity index (χ0n) is 16.3. The molecular formula is C22H25ClN4O2. The summed E-state index contributed by atoms with van der Waals surface area (Å²) in [5.74, 6) is 0.980. The van der Waals surface area contributed by atoms with Crippen molar-refractivity contribution in [2.45, 2.75) is 19.4 Å². The number of urea groups is 1. The summed E-state index contributed by atoms with van der Waals surface area (Å²) in [4.78, 5) is 30.2. The van der Waals surface area contributed by atoms with E-state index in [4.69, 9.17) is 11.6 Å². The van der Waals surface area contributed by atoms with Gasteiger partial charge in [0.25, 0.3) is 0 Å². The number of carbonyl (C=O) groups is 2. The van der Waals surface area contributed by atoms with Gasteiger partial charge in [0, 0.05) is 49.6 Å². The Morgan fingerprint density at radius 1 is 1.17 bits per heavy atom. The quantitative estimate of drug-likeness (QED) is 0.717. The van der Waals surface area contributed by atoms with Crippen LogP contribution in [-0.4, -0.2) is 36.6 Å². The minimum Gasteiger partial charge on any atom is -0.334 e. The maximum absolute atomic E-state index is 12.2. The first-order valence-corrected chi connectivity index (χ1v) is 10.0. The molecule has 0 saturated heterocycles. The molecule has 0 radical (unpaired) electrons. The number of aliphatic imine (C=N–C) groups is 1. The summed E-state index contributed by atoms with van der Waals surface area (Å²) in [7, 11) is 1.71. The van der Waals surface area contributed by atoms with Gasteiger partial charge in [-0.3, -0.25) is 4.79 Å². The van der Waals surface area contributed by atoms with Crippen LogP contribution in [0.5, 0.6) is 0 Å². The molecule has 1 aliphatic carbocycles. The normalized spacial score (nSPS) is 19.3. The Morgan fingerprint density at radius 3 is 2.72 bits per heavy atom. The van der Waals surface area contributed by atoms with Gasteiger partial charge in [-0.1, -0.05) is 54.1 Å². The number of fused-ring (bicyclic) bond motifs is 1. The molecule has 1 aromatic carbocycles. The lowest BCUT2D eigenvalue weighted by molar-refractivity contribution is -0.120. The number of nitrogens with zero attached hydrogens (tertiary/aromatic N) is 2. The second-order valence-electron chi connectivity index (χ2n) is 7.08. The number of halogens is 1. The van der Waals surface area contributed by atoms with Gasteiger partial charge in [-0.2, -0.15) is 0 Å². The monoisotopic (exact) mass is 412 g/mol. The van der Waals surface area contributed by atoms with Crippen molar-refractivity contribution in [3.8, 4) is 0 Å². The molecule has 3 amide bonds. The van der Waals surface area contributed by atoms with Crippen molar-refractivity contribution in [3.05, 3.63) is 71.1 Å². The van der Waals surface area contributed by atoms with E-state index < -0.39 is 0 Å². The molecule has 0 saturated carbocycles. The fourth-order valence-electron chi connectivity index (χ4n) is 3.15. The van der Waals surface area contributed by atoms with Crippen LogP contribution in [-0.2, 0) is 11.3 Å². The van der Waals surface area contributed by atoms with Gasteiger partial charge >= 0.3 is 6.03 Å². The van der Waals surface area contributed by atoms with E-state index in [2.05, 4.69) is 27.8 Å². The number of amides is 3. The van der Waals surface area contributed by atoms with Gasteiger partial charge in [0.1, 0.15) is 5.82 Å². The van der Waals surface area contributed by atoms with Gasteiger partial charge in [0.2, 0.25) is 5.91 Å². The van der Waals surface area contributed by atoms with E-state index in [1.165, 1.54) is 0 Å². The predicted octanol–water partition coefficient (Wildman–Crippen LogP) is 3.66. The van der Waals surface area contributed by atoms with E-state index in [9.17, 15) is 9.59 Å². The van der Waals surface area contributed by atoms with E-state index in [1.54, 1.807) is 18.0 Å². The Balaban J connectivity index is 1.36. The maximum atomic E-state index is 12.2. The van der Waals surface area contributed by atoms with Crippen LogP contribution in [0.1, 0.15) is 18.4 Å². The van der Waals surface area contributed by atoms with Crippen LogP contribution in [0, 0.1) is 11.8 Å². The molecule has 0 aromatic heterocycles. The summed E-state index contributed by atoms with van der Waals surface area (Å²) in [6.07, 6.45) is 12.9. The van der Waals surface area contributed by atoms with Crippen molar-refractivity contribution in [1.29, 1.82) is 0 Å². The highest BCUT2D eigenvalue weighted by Gasteiger charge is 2.20. The van der Waals surface area contributed by atoms with E-state index in [0.29, 0.717) is 36.8 Å². The fraction of sp³-hybridized carbons (Fsp3) is 0.318. The van der Waals surface area contributed by atoms with Crippen molar-refractivity contribution in [2.24, 2.45) is 16.8 Å². The molecule has 2 atom stereocenters. The van der Waals surface area contributed by atoms with Crippen LogP contribution >= 0.6 is 11.6 Å². The molecule has 0 spiro atoms. The van der Waals surface area contributed by atoms with Crippen molar-refractivity contribution in [2.75, 3.05) is 13.6 Å². The summed E-state index contributed by atoms with van der Waals surface area (Å²) in [5.41, 5.74) is 0.863. The van der Waals surface area contributed by atoms with Crippen molar-refractivity contribution < 1.29 is 9.59 Å². The summed E-state index contributed by atoms with van der Waals surface area (Å²) in [6.45, 7) is 0.837. The second kappa shape index (κ2) is 10.1. The third kappa shape index (κ3) is 6.06. The SMILES string of the molecule is CN(CCCC(=O)NC1=CC2C=CC=CC2C=N1)C(=O)NCc1ccccc1Cl. The lowest BCUT2D eigenvalue weighted by Gasteiger charge is -2.22. The summed E-state index contributed by atoms with van der Waals surface area (Å²) in [6, 6.07) is 7.19. The van der Waals surface area contributed by atoms with E-state index >= 15 is 0 Å². The third-order valence-electron chi connectivity index (χ3n) is 4.86. The maximum Gasteiger partial charge on any atom is 0.317 e. The summed E-state index contributed by atoms with van der Waals surface area (Å²) in [5, 5.41) is 6.29. The van der Waals surface area contributed by atoms with E-state index in [0.717, 1.165) is 5.56 Å². The van der Waals surface area contributed by atoms with Gasteiger partial charge in [0.05, 0.1) is 0 Å². The topological polar surface area (TPSA) is 73.8 Å². The standard InChI is InChI=1S/C22H25ClN4O2/c1-27(22(29)25-15-18-9-4-5-10-19(18)23)12-6-11-21(28)26-20-13-16-7-2-3-8-17(16)14-24-20/h2-5,7-10,13-14,16-17H,6,11-12,15H2,1H3,(H,25,29)(H,26,28). The van der Waals surface area contributed by atoms with Crippen LogP contribution < -0.4 is 10.6 Å². The largest absolute Gasteiger partial charge is 0.334 e. The molecule has 2 N–H and O–H groups in total. The zero-order valence-corrected chi connectivity index (χ0v) is 17.1. The molecule has 1 heterocycles. The molecule has 0 fully saturated rings. The van der Waals surface area contributed by atoms with Gasteiger partial charge in [-0.15, -0.1) is 0 Å². The van der Waals surface area contributed by atoms with Gasteiger partial charge < -0.3 is 15.5 Å². The number of rotatable bonds is 7. The lowest BCUT2D eigenvalue weighted by Crippen LogP contribution is -2.37. The molecule has 29 heavy (non-hydrogen) atoms. The lowest BCUT2D eigenvalue weighted by atomic mass is 9.88. The minimum absolute atomic E-state index is 0.105. The molecule has 3 rings (SSSR count). The Kier molecular flexibility index (Phi) is 7.25. The smallest absolute Gasteiger partial charge is 0.317 e. The molecule has 2 unspecified atom stereocenters. The Hall–Kier alpha value is -2.86. The number of allylic oxidation sites excluding steroid dienone is 5. The minimum atomic E-state index is -0.201. The van der Waals surface area contributed by atoms with E-state index in [1.807, 2.05) is 42.6 Å². The third-order valence-corrected chi connectivity index (χ3v) is 5.23. The molecule has 152 valence electrons. The first kappa shape index (κ1) is 20.9. The molecule has 1 aromatic rings. The highest BCUT2D eigenvalue weighted by atomic mass is 35.5. The van der Waals surface area contributed by atoms with Gasteiger partial charge in [-0.05, 0) is 24.1 Å². The van der Waals surface area contributed by atoms with Crippen LogP contribution in [0.3, 0.4) is 0 Å². The van der Waals surface area contributed by atoms with Gasteiger partial charge in [0.15, 0.2) is 0 Å². The molecule has 7 heteroatoms. The summed E-state index contributed by atoms with van der Waals surface area (Å²) >= 11 is 6.09. The van der Waals surface area contributed by atoms with E-state index in [-0.39, 0.29) is 23.8 Å². The molecule has 6 nitrogen and oxygen atoms in total. The number of hydrogen-bond donors (Lipinski definition) is 2. The van der Waals surface area contributed by atoms with Crippen LogP contribution in [0.4, 0.5) is 4.79 Å². The Bertz CT molecular complexity index is 875. The number of benzene rings is 1. The average Bonchev–Trinajstić information content (AvgIpc) is 2.72. The molecule has 2 aliphatic rings. The Morgan fingerprint density at radius 2 is 1.93 bits per heavy atom. The second-order valence-corrected chi connectivity index (χ2v) is 7.49. The molecular weight excluding hydrogens is 388 g/mol. The zero-order chi connectivity index (χ0) is 20.6.